The van der Waals surface area contributed by atoms with Crippen molar-refractivity contribution in [1.82, 2.24) is 20.2 Å². The number of aromatic nitrogens is 3. The lowest BCUT2D eigenvalue weighted by Gasteiger charge is -2.22. The second-order valence-corrected chi connectivity index (χ2v) is 8.55. The number of hydrogen-bond acceptors (Lipinski definition) is 10. The van der Waals surface area contributed by atoms with Gasteiger partial charge in [0, 0.05) is 19.3 Å². The van der Waals surface area contributed by atoms with Crippen LogP contribution in [0.5, 0.6) is 11.5 Å². The fourth-order valence-corrected chi connectivity index (χ4v) is 3.23. The SMILES string of the molecule is COc1ccc(COc2ccc(-c3noc(CC(C)(C)C(=O)ON4C(=O)CCC4=O)n3)nc2)cc1. The Kier molecular flexibility index (Phi) is 6.76. The number of carbonyl (C=O) groups excluding carboxylic acids is 3. The van der Waals surface area contributed by atoms with Gasteiger partial charge in [-0.15, -0.1) is 5.06 Å². The van der Waals surface area contributed by atoms with E-state index >= 15 is 0 Å². The number of benzene rings is 1. The largest absolute Gasteiger partial charge is 0.497 e. The zero-order chi connectivity index (χ0) is 25.0. The van der Waals surface area contributed by atoms with Crippen LogP contribution in [0.15, 0.2) is 47.1 Å². The molecule has 1 aromatic carbocycles. The van der Waals surface area contributed by atoms with Crippen molar-refractivity contribution in [2.75, 3.05) is 7.11 Å². The number of methoxy groups -OCH3 is 1. The molecule has 3 aromatic rings. The van der Waals surface area contributed by atoms with Crippen LogP contribution >= 0.6 is 0 Å². The van der Waals surface area contributed by atoms with E-state index in [9.17, 15) is 14.4 Å². The lowest BCUT2D eigenvalue weighted by atomic mass is 9.89. The third-order valence-corrected chi connectivity index (χ3v) is 5.32. The molecule has 0 aliphatic carbocycles. The quantitative estimate of drug-likeness (QED) is 0.421. The summed E-state index contributed by atoms with van der Waals surface area (Å²) in [6, 6.07) is 11.0. The van der Waals surface area contributed by atoms with Gasteiger partial charge in [-0.2, -0.15) is 4.98 Å². The number of hydroxylamine groups is 2. The van der Waals surface area contributed by atoms with Crippen molar-refractivity contribution in [3.8, 4) is 23.0 Å². The number of amides is 2. The maximum atomic E-state index is 12.5. The van der Waals surface area contributed by atoms with Crippen LogP contribution in [0.4, 0.5) is 0 Å². The van der Waals surface area contributed by atoms with Crippen molar-refractivity contribution in [3.05, 3.63) is 54.0 Å². The normalized spacial score (nSPS) is 13.7. The van der Waals surface area contributed by atoms with Crippen molar-refractivity contribution in [3.63, 3.8) is 0 Å². The first-order chi connectivity index (χ1) is 16.7. The number of ether oxygens (including phenoxy) is 2. The van der Waals surface area contributed by atoms with Gasteiger partial charge < -0.3 is 18.8 Å². The number of nitrogens with zero attached hydrogens (tertiary/aromatic N) is 4. The van der Waals surface area contributed by atoms with Crippen molar-refractivity contribution in [2.24, 2.45) is 5.41 Å². The van der Waals surface area contributed by atoms with Gasteiger partial charge in [0.1, 0.15) is 23.8 Å². The van der Waals surface area contributed by atoms with E-state index in [1.165, 1.54) is 0 Å². The summed E-state index contributed by atoms with van der Waals surface area (Å²) in [5.41, 5.74) is 0.322. The van der Waals surface area contributed by atoms with E-state index in [1.807, 2.05) is 24.3 Å². The van der Waals surface area contributed by atoms with Gasteiger partial charge in [-0.25, -0.2) is 9.78 Å². The molecule has 1 aliphatic heterocycles. The highest BCUT2D eigenvalue weighted by atomic mass is 16.7. The van der Waals surface area contributed by atoms with Crippen LogP contribution in [0.3, 0.4) is 0 Å². The van der Waals surface area contributed by atoms with Gasteiger partial charge in [0.15, 0.2) is 0 Å². The fraction of sp³-hybridized carbons (Fsp3) is 0.333. The van der Waals surface area contributed by atoms with Crippen LogP contribution in [-0.2, 0) is 32.2 Å². The van der Waals surface area contributed by atoms with Crippen LogP contribution < -0.4 is 9.47 Å². The van der Waals surface area contributed by atoms with Crippen LogP contribution in [0.25, 0.3) is 11.5 Å². The van der Waals surface area contributed by atoms with Gasteiger partial charge in [-0.3, -0.25) is 9.59 Å². The highest BCUT2D eigenvalue weighted by Gasteiger charge is 2.39. The van der Waals surface area contributed by atoms with E-state index in [-0.39, 0.29) is 31.0 Å². The Hall–Kier alpha value is -4.28. The molecule has 0 saturated carbocycles. The van der Waals surface area contributed by atoms with Gasteiger partial charge in [0.05, 0.1) is 18.7 Å². The molecular formula is C24H24N4O7. The number of rotatable bonds is 9. The highest BCUT2D eigenvalue weighted by molar-refractivity contribution is 6.01. The molecule has 0 bridgehead atoms. The molecule has 3 heterocycles. The van der Waals surface area contributed by atoms with Gasteiger partial charge >= 0.3 is 5.97 Å². The Labute approximate surface area is 200 Å². The van der Waals surface area contributed by atoms with Crippen LogP contribution in [0.2, 0.25) is 0 Å². The zero-order valence-electron chi connectivity index (χ0n) is 19.5. The summed E-state index contributed by atoms with van der Waals surface area (Å²) in [6.07, 6.45) is 1.65. The molecule has 2 aromatic heterocycles. The second kappa shape index (κ2) is 9.92. The molecule has 35 heavy (non-hydrogen) atoms. The Morgan fingerprint density at radius 3 is 2.37 bits per heavy atom. The van der Waals surface area contributed by atoms with Crippen LogP contribution in [0, 0.1) is 5.41 Å². The molecule has 11 nitrogen and oxygen atoms in total. The number of hydrogen-bond donors (Lipinski definition) is 0. The first kappa shape index (κ1) is 23.9. The summed E-state index contributed by atoms with van der Waals surface area (Å²) < 4.78 is 16.2. The number of pyridine rings is 1. The van der Waals surface area contributed by atoms with Gasteiger partial charge in [-0.05, 0) is 43.7 Å². The Morgan fingerprint density at radius 2 is 1.74 bits per heavy atom. The predicted molar refractivity (Wildman–Crippen MR) is 120 cm³/mol. The first-order valence-electron chi connectivity index (χ1n) is 10.9. The van der Waals surface area contributed by atoms with Crippen LogP contribution in [0.1, 0.15) is 38.1 Å². The van der Waals surface area contributed by atoms with E-state index in [1.54, 1.807) is 39.3 Å². The number of carbonyl (C=O) groups is 3. The predicted octanol–water partition coefficient (Wildman–Crippen LogP) is 2.90. The minimum atomic E-state index is -1.13. The molecule has 11 heteroatoms. The Morgan fingerprint density at radius 1 is 1.06 bits per heavy atom. The third kappa shape index (κ3) is 5.62. The molecule has 1 fully saturated rings. The maximum absolute atomic E-state index is 12.5. The smallest absolute Gasteiger partial charge is 0.339 e. The van der Waals surface area contributed by atoms with E-state index in [0.29, 0.717) is 23.1 Å². The summed E-state index contributed by atoms with van der Waals surface area (Å²) in [6.45, 7) is 3.56. The molecule has 182 valence electrons. The lowest BCUT2D eigenvalue weighted by molar-refractivity contribution is -0.204. The van der Waals surface area contributed by atoms with Crippen molar-refractivity contribution in [2.45, 2.75) is 39.7 Å². The molecule has 2 amide bonds. The minimum absolute atomic E-state index is 0.0257. The summed E-state index contributed by atoms with van der Waals surface area (Å²) in [7, 11) is 1.61. The average molecular weight is 480 g/mol. The monoisotopic (exact) mass is 480 g/mol. The molecular weight excluding hydrogens is 456 g/mol. The van der Waals surface area contributed by atoms with E-state index in [0.717, 1.165) is 11.3 Å². The molecule has 0 N–H and O–H groups in total. The average Bonchev–Trinajstić information content (AvgIpc) is 3.44. The topological polar surface area (TPSA) is 134 Å². The van der Waals surface area contributed by atoms with E-state index in [2.05, 4.69) is 15.1 Å². The summed E-state index contributed by atoms with van der Waals surface area (Å²) >= 11 is 0. The summed E-state index contributed by atoms with van der Waals surface area (Å²) in [5.74, 6) is -0.0567. The summed E-state index contributed by atoms with van der Waals surface area (Å²) in [4.78, 5) is 49.6. The molecule has 0 unspecified atom stereocenters. The highest BCUT2D eigenvalue weighted by Crippen LogP contribution is 2.26. The van der Waals surface area contributed by atoms with E-state index < -0.39 is 23.2 Å². The molecule has 1 saturated heterocycles. The van der Waals surface area contributed by atoms with Gasteiger partial charge in [0.2, 0.25) is 11.7 Å². The number of imide groups is 1. The molecule has 0 radical (unpaired) electrons. The molecule has 4 rings (SSSR count). The standard InChI is InChI=1S/C24H24N4O7/c1-24(2,23(31)35-28-20(29)10-11-21(28)30)12-19-26-22(27-34-19)18-9-8-17(13-25-18)33-14-15-4-6-16(32-3)7-5-15/h4-9,13H,10-12,14H2,1-3H3. The molecule has 0 atom stereocenters. The Balaban J connectivity index is 1.34. The zero-order valence-corrected chi connectivity index (χ0v) is 19.5. The minimum Gasteiger partial charge on any atom is -0.497 e. The van der Waals surface area contributed by atoms with Crippen molar-refractivity contribution >= 4 is 17.8 Å². The maximum Gasteiger partial charge on any atom is 0.339 e. The van der Waals surface area contributed by atoms with Crippen molar-refractivity contribution in [1.29, 1.82) is 0 Å². The van der Waals surface area contributed by atoms with Crippen LogP contribution in [-0.4, -0.2) is 45.1 Å². The van der Waals surface area contributed by atoms with Crippen molar-refractivity contribution < 1.29 is 33.2 Å². The van der Waals surface area contributed by atoms with E-state index in [4.69, 9.17) is 18.8 Å². The second-order valence-electron chi connectivity index (χ2n) is 8.55. The lowest BCUT2D eigenvalue weighted by Crippen LogP contribution is -2.38. The third-order valence-electron chi connectivity index (χ3n) is 5.32. The first-order valence-corrected chi connectivity index (χ1v) is 10.9. The molecule has 0 spiro atoms. The summed E-state index contributed by atoms with van der Waals surface area (Å²) in [5, 5.41) is 4.44. The van der Waals surface area contributed by atoms with Gasteiger partial charge in [-0.1, -0.05) is 17.3 Å². The fourth-order valence-electron chi connectivity index (χ4n) is 3.23. The Bertz CT molecular complexity index is 1200. The molecule has 1 aliphatic rings. The van der Waals surface area contributed by atoms with Gasteiger partial charge in [0.25, 0.3) is 11.8 Å².